The fourth-order valence-corrected chi connectivity index (χ4v) is 1.99. The average molecular weight is 221 g/mol. The van der Waals surface area contributed by atoms with Crippen molar-refractivity contribution in [2.45, 2.75) is 27.2 Å². The number of carbonyl (C=O) groups is 1. The topological polar surface area (TPSA) is 49.3 Å². The number of hydrogen-bond acceptors (Lipinski definition) is 2. The van der Waals surface area contributed by atoms with E-state index in [1.807, 2.05) is 0 Å². The molecule has 0 unspecified atom stereocenters. The number of carbonyl (C=O) groups excluding carboxylic acids is 1. The zero-order chi connectivity index (χ0) is 12.1. The van der Waals surface area contributed by atoms with Crippen LogP contribution in [0.1, 0.15) is 22.3 Å². The van der Waals surface area contributed by atoms with E-state index in [4.69, 9.17) is 5.11 Å². The van der Waals surface area contributed by atoms with E-state index in [-0.39, 0.29) is 5.91 Å². The fourth-order valence-electron chi connectivity index (χ4n) is 1.99. The lowest BCUT2D eigenvalue weighted by molar-refractivity contribution is -0.123. The minimum atomic E-state index is -0.439. The van der Waals surface area contributed by atoms with Gasteiger partial charge in [-0.3, -0.25) is 4.79 Å². The fraction of sp³-hybridized carbons (Fsp3) is 0.462. The van der Waals surface area contributed by atoms with Gasteiger partial charge < -0.3 is 10.4 Å². The van der Waals surface area contributed by atoms with Crippen LogP contribution in [0.3, 0.4) is 0 Å². The highest BCUT2D eigenvalue weighted by molar-refractivity contribution is 5.76. The van der Waals surface area contributed by atoms with Crippen LogP contribution < -0.4 is 5.32 Å². The van der Waals surface area contributed by atoms with E-state index in [1.54, 1.807) is 0 Å². The number of aryl methyl sites for hydroxylation is 3. The number of amides is 1. The molecule has 1 aromatic carbocycles. The molecule has 88 valence electrons. The van der Waals surface area contributed by atoms with Gasteiger partial charge in [0.15, 0.2) is 0 Å². The van der Waals surface area contributed by atoms with Gasteiger partial charge in [0, 0.05) is 6.54 Å². The first kappa shape index (κ1) is 12.7. The Morgan fingerprint density at radius 3 is 2.31 bits per heavy atom. The first-order valence-electron chi connectivity index (χ1n) is 5.49. The largest absolute Gasteiger partial charge is 0.387 e. The molecule has 3 heteroatoms. The summed E-state index contributed by atoms with van der Waals surface area (Å²) in [4.78, 5) is 10.9. The number of nitrogens with one attached hydrogen (secondary N) is 1. The molecule has 0 spiro atoms. The number of aliphatic hydroxyl groups excluding tert-OH is 1. The molecule has 0 aromatic heterocycles. The Labute approximate surface area is 96.5 Å². The molecular formula is C13H19NO2. The SMILES string of the molecule is Cc1cc(C)c(CCNC(=O)CO)c(C)c1. The summed E-state index contributed by atoms with van der Waals surface area (Å²) < 4.78 is 0. The van der Waals surface area contributed by atoms with Crippen LogP contribution in [-0.2, 0) is 11.2 Å². The Bertz CT molecular complexity index is 363. The molecule has 0 heterocycles. The van der Waals surface area contributed by atoms with Crippen molar-refractivity contribution in [1.29, 1.82) is 0 Å². The third-order valence-electron chi connectivity index (χ3n) is 2.68. The predicted octanol–water partition coefficient (Wildman–Crippen LogP) is 1.26. The predicted molar refractivity (Wildman–Crippen MR) is 64.5 cm³/mol. The van der Waals surface area contributed by atoms with Crippen molar-refractivity contribution in [3.8, 4) is 0 Å². The highest BCUT2D eigenvalue weighted by atomic mass is 16.3. The van der Waals surface area contributed by atoms with Gasteiger partial charge in [-0.1, -0.05) is 17.7 Å². The van der Waals surface area contributed by atoms with Crippen molar-refractivity contribution in [2.75, 3.05) is 13.2 Å². The van der Waals surface area contributed by atoms with Crippen molar-refractivity contribution in [2.24, 2.45) is 0 Å². The monoisotopic (exact) mass is 221 g/mol. The van der Waals surface area contributed by atoms with Gasteiger partial charge in [0.05, 0.1) is 0 Å². The zero-order valence-electron chi connectivity index (χ0n) is 10.1. The standard InChI is InChI=1S/C13H19NO2/c1-9-6-10(2)12(11(3)7-9)4-5-14-13(16)8-15/h6-7,15H,4-5,8H2,1-3H3,(H,14,16). The summed E-state index contributed by atoms with van der Waals surface area (Å²) in [6, 6.07) is 4.30. The summed E-state index contributed by atoms with van der Waals surface area (Å²) >= 11 is 0. The lowest BCUT2D eigenvalue weighted by Crippen LogP contribution is -2.28. The molecule has 0 aliphatic rings. The van der Waals surface area contributed by atoms with Gasteiger partial charge >= 0.3 is 0 Å². The van der Waals surface area contributed by atoms with Crippen LogP contribution in [-0.4, -0.2) is 24.2 Å². The molecule has 0 bridgehead atoms. The van der Waals surface area contributed by atoms with E-state index in [2.05, 4.69) is 38.2 Å². The average Bonchev–Trinajstić information content (AvgIpc) is 2.21. The van der Waals surface area contributed by atoms with Crippen LogP contribution in [0.2, 0.25) is 0 Å². The van der Waals surface area contributed by atoms with Gasteiger partial charge in [-0.25, -0.2) is 0 Å². The third-order valence-corrected chi connectivity index (χ3v) is 2.68. The Morgan fingerprint density at radius 1 is 1.25 bits per heavy atom. The van der Waals surface area contributed by atoms with Crippen molar-refractivity contribution < 1.29 is 9.90 Å². The first-order chi connectivity index (χ1) is 7.54. The Morgan fingerprint density at radius 2 is 1.81 bits per heavy atom. The van der Waals surface area contributed by atoms with Crippen LogP contribution in [0.4, 0.5) is 0 Å². The highest BCUT2D eigenvalue weighted by Gasteiger charge is 2.04. The molecule has 0 saturated carbocycles. The van der Waals surface area contributed by atoms with Crippen molar-refractivity contribution in [3.05, 3.63) is 34.4 Å². The lowest BCUT2D eigenvalue weighted by atomic mass is 9.97. The summed E-state index contributed by atoms with van der Waals surface area (Å²) in [7, 11) is 0. The maximum Gasteiger partial charge on any atom is 0.245 e. The van der Waals surface area contributed by atoms with Gasteiger partial charge in [0.25, 0.3) is 0 Å². The summed E-state index contributed by atoms with van der Waals surface area (Å²) in [5.41, 5.74) is 5.06. The Balaban J connectivity index is 2.64. The second-order valence-electron chi connectivity index (χ2n) is 4.14. The minimum absolute atomic E-state index is 0.317. The second-order valence-corrected chi connectivity index (χ2v) is 4.14. The minimum Gasteiger partial charge on any atom is -0.387 e. The van der Waals surface area contributed by atoms with Gasteiger partial charge in [-0.05, 0) is 43.9 Å². The van der Waals surface area contributed by atoms with Gasteiger partial charge in [-0.15, -0.1) is 0 Å². The number of hydrogen-bond donors (Lipinski definition) is 2. The molecule has 0 aliphatic heterocycles. The van der Waals surface area contributed by atoms with Crippen molar-refractivity contribution in [3.63, 3.8) is 0 Å². The molecule has 1 aromatic rings. The van der Waals surface area contributed by atoms with Gasteiger partial charge in [0.1, 0.15) is 6.61 Å². The van der Waals surface area contributed by atoms with Gasteiger partial charge in [0.2, 0.25) is 5.91 Å². The summed E-state index contributed by atoms with van der Waals surface area (Å²) in [6.45, 7) is 6.39. The van der Waals surface area contributed by atoms with Crippen LogP contribution in [0.15, 0.2) is 12.1 Å². The second kappa shape index (κ2) is 5.66. The Hall–Kier alpha value is -1.35. The number of benzene rings is 1. The van der Waals surface area contributed by atoms with E-state index in [0.717, 1.165) is 6.42 Å². The number of rotatable bonds is 4. The highest BCUT2D eigenvalue weighted by Crippen LogP contribution is 2.16. The van der Waals surface area contributed by atoms with Gasteiger partial charge in [-0.2, -0.15) is 0 Å². The molecule has 2 N–H and O–H groups in total. The normalized spacial score (nSPS) is 10.2. The van der Waals surface area contributed by atoms with Crippen LogP contribution >= 0.6 is 0 Å². The molecule has 1 amide bonds. The van der Waals surface area contributed by atoms with Crippen molar-refractivity contribution in [1.82, 2.24) is 5.32 Å². The molecule has 0 atom stereocenters. The maximum absolute atomic E-state index is 10.9. The maximum atomic E-state index is 10.9. The van der Waals surface area contributed by atoms with E-state index in [9.17, 15) is 4.79 Å². The molecule has 0 radical (unpaired) electrons. The molecule has 16 heavy (non-hydrogen) atoms. The van der Waals surface area contributed by atoms with E-state index in [1.165, 1.54) is 22.3 Å². The third kappa shape index (κ3) is 3.35. The molecule has 3 nitrogen and oxygen atoms in total. The summed E-state index contributed by atoms with van der Waals surface area (Å²) in [5, 5.41) is 11.2. The first-order valence-corrected chi connectivity index (χ1v) is 5.49. The smallest absolute Gasteiger partial charge is 0.245 e. The summed E-state index contributed by atoms with van der Waals surface area (Å²) in [5.74, 6) is -0.317. The van der Waals surface area contributed by atoms with Crippen LogP contribution in [0.5, 0.6) is 0 Å². The van der Waals surface area contributed by atoms with E-state index < -0.39 is 6.61 Å². The summed E-state index contributed by atoms with van der Waals surface area (Å²) in [6.07, 6.45) is 0.809. The van der Waals surface area contributed by atoms with Crippen molar-refractivity contribution >= 4 is 5.91 Å². The van der Waals surface area contributed by atoms with Crippen LogP contribution in [0.25, 0.3) is 0 Å². The molecule has 1 rings (SSSR count). The van der Waals surface area contributed by atoms with E-state index in [0.29, 0.717) is 6.54 Å². The lowest BCUT2D eigenvalue weighted by Gasteiger charge is -2.11. The quantitative estimate of drug-likeness (QED) is 0.804. The Kier molecular flexibility index (Phi) is 4.50. The molecule has 0 aliphatic carbocycles. The van der Waals surface area contributed by atoms with Crippen LogP contribution in [0, 0.1) is 20.8 Å². The van der Waals surface area contributed by atoms with E-state index >= 15 is 0 Å². The molecule has 0 fully saturated rings. The molecular weight excluding hydrogens is 202 g/mol. The molecule has 0 saturated heterocycles. The number of aliphatic hydroxyl groups is 1. The zero-order valence-corrected chi connectivity index (χ0v) is 10.1.